The van der Waals surface area contributed by atoms with E-state index < -0.39 is 0 Å². The zero-order valence-corrected chi connectivity index (χ0v) is 11.5. The van der Waals surface area contributed by atoms with E-state index in [9.17, 15) is 0 Å². The third-order valence-corrected chi connectivity index (χ3v) is 3.65. The van der Waals surface area contributed by atoms with Crippen LogP contribution in [0.25, 0.3) is 0 Å². The summed E-state index contributed by atoms with van der Waals surface area (Å²) < 4.78 is 1.07. The molecular formula is C13H24BrN. The molecule has 0 amide bonds. The molecule has 0 spiro atoms. The molecule has 1 aliphatic rings. The fourth-order valence-corrected chi connectivity index (χ4v) is 2.70. The largest absolute Gasteiger partial charge is 0.309 e. The van der Waals surface area contributed by atoms with Gasteiger partial charge in [0.15, 0.2) is 0 Å². The van der Waals surface area contributed by atoms with Crippen molar-refractivity contribution in [2.45, 2.75) is 57.9 Å². The Balaban J connectivity index is 2.23. The topological polar surface area (TPSA) is 12.0 Å². The van der Waals surface area contributed by atoms with Crippen LogP contribution in [-0.4, -0.2) is 12.6 Å². The molecule has 1 fully saturated rings. The van der Waals surface area contributed by atoms with E-state index in [1.807, 2.05) is 0 Å². The molecule has 0 bridgehead atoms. The zero-order chi connectivity index (χ0) is 11.1. The first-order valence-corrected chi connectivity index (χ1v) is 7.08. The summed E-state index contributed by atoms with van der Waals surface area (Å²) in [6, 6.07) is 0.723. The fourth-order valence-electron chi connectivity index (χ4n) is 2.53. The predicted molar refractivity (Wildman–Crippen MR) is 71.3 cm³/mol. The fraction of sp³-hybridized carbons (Fsp3) is 0.846. The van der Waals surface area contributed by atoms with Gasteiger partial charge in [0.05, 0.1) is 0 Å². The average Bonchev–Trinajstić information content (AvgIpc) is 2.41. The summed E-state index contributed by atoms with van der Waals surface area (Å²) in [5.74, 6) is 0.994. The summed E-state index contributed by atoms with van der Waals surface area (Å²) in [7, 11) is 0. The van der Waals surface area contributed by atoms with E-state index in [-0.39, 0.29) is 0 Å². The first-order chi connectivity index (χ1) is 7.22. The minimum Gasteiger partial charge on any atom is -0.309 e. The Bertz CT molecular complexity index is 191. The SMILES string of the molecule is C=C(Br)CNC1CCCC(CCC)CC1. The van der Waals surface area contributed by atoms with Gasteiger partial charge in [-0.1, -0.05) is 55.1 Å². The minimum absolute atomic E-state index is 0.723. The Morgan fingerprint density at radius 3 is 2.80 bits per heavy atom. The van der Waals surface area contributed by atoms with Gasteiger partial charge in [0.25, 0.3) is 0 Å². The summed E-state index contributed by atoms with van der Waals surface area (Å²) in [4.78, 5) is 0. The van der Waals surface area contributed by atoms with Crippen LogP contribution in [0.2, 0.25) is 0 Å². The van der Waals surface area contributed by atoms with Crippen LogP contribution in [0.3, 0.4) is 0 Å². The molecule has 0 aliphatic heterocycles. The predicted octanol–water partition coefficient (Wildman–Crippen LogP) is 4.23. The van der Waals surface area contributed by atoms with Gasteiger partial charge in [-0.2, -0.15) is 0 Å². The highest BCUT2D eigenvalue weighted by atomic mass is 79.9. The number of nitrogens with one attached hydrogen (secondary N) is 1. The molecule has 0 radical (unpaired) electrons. The van der Waals surface area contributed by atoms with Crippen molar-refractivity contribution in [1.29, 1.82) is 0 Å². The smallest absolute Gasteiger partial charge is 0.0268 e. The zero-order valence-electron chi connectivity index (χ0n) is 9.90. The van der Waals surface area contributed by atoms with Gasteiger partial charge in [-0.3, -0.25) is 0 Å². The molecule has 2 unspecified atom stereocenters. The van der Waals surface area contributed by atoms with Crippen molar-refractivity contribution >= 4 is 15.9 Å². The van der Waals surface area contributed by atoms with Crippen LogP contribution < -0.4 is 5.32 Å². The average molecular weight is 274 g/mol. The molecule has 88 valence electrons. The van der Waals surface area contributed by atoms with Crippen LogP contribution in [0, 0.1) is 5.92 Å². The number of hydrogen-bond donors (Lipinski definition) is 1. The van der Waals surface area contributed by atoms with E-state index >= 15 is 0 Å². The Labute approximate surface area is 103 Å². The summed E-state index contributed by atoms with van der Waals surface area (Å²) in [5.41, 5.74) is 0. The van der Waals surface area contributed by atoms with Gasteiger partial charge in [-0.25, -0.2) is 0 Å². The van der Waals surface area contributed by atoms with E-state index in [0.29, 0.717) is 0 Å². The highest BCUT2D eigenvalue weighted by Crippen LogP contribution is 2.26. The van der Waals surface area contributed by atoms with Gasteiger partial charge in [-0.15, -0.1) is 0 Å². The molecule has 15 heavy (non-hydrogen) atoms. The lowest BCUT2D eigenvalue weighted by molar-refractivity contribution is 0.413. The highest BCUT2D eigenvalue weighted by Gasteiger charge is 2.17. The normalized spacial score (nSPS) is 27.3. The third kappa shape index (κ3) is 5.72. The van der Waals surface area contributed by atoms with Crippen LogP contribution >= 0.6 is 15.9 Å². The summed E-state index contributed by atoms with van der Waals surface area (Å²) >= 11 is 3.40. The molecule has 2 atom stereocenters. The first kappa shape index (κ1) is 13.2. The van der Waals surface area contributed by atoms with Crippen molar-refractivity contribution in [3.05, 3.63) is 11.1 Å². The quantitative estimate of drug-likeness (QED) is 0.740. The maximum Gasteiger partial charge on any atom is 0.0268 e. The van der Waals surface area contributed by atoms with E-state index in [0.717, 1.165) is 23.0 Å². The molecule has 0 saturated heterocycles. The molecule has 1 N–H and O–H groups in total. The maximum atomic E-state index is 3.86. The molecule has 0 aromatic carbocycles. The second-order valence-corrected chi connectivity index (χ2v) is 5.88. The van der Waals surface area contributed by atoms with Crippen LogP contribution in [0.1, 0.15) is 51.9 Å². The molecular weight excluding hydrogens is 250 g/mol. The van der Waals surface area contributed by atoms with Crippen molar-refractivity contribution in [3.63, 3.8) is 0 Å². The molecule has 1 aliphatic carbocycles. The van der Waals surface area contributed by atoms with Gasteiger partial charge < -0.3 is 5.32 Å². The van der Waals surface area contributed by atoms with E-state index in [1.165, 1.54) is 44.9 Å². The molecule has 1 rings (SSSR count). The van der Waals surface area contributed by atoms with Crippen molar-refractivity contribution in [3.8, 4) is 0 Å². The van der Waals surface area contributed by atoms with E-state index in [2.05, 4.69) is 34.7 Å². The molecule has 0 aromatic rings. The molecule has 0 aromatic heterocycles. The second-order valence-electron chi connectivity index (χ2n) is 4.76. The van der Waals surface area contributed by atoms with Crippen LogP contribution in [-0.2, 0) is 0 Å². The van der Waals surface area contributed by atoms with E-state index in [4.69, 9.17) is 0 Å². The maximum absolute atomic E-state index is 3.86. The monoisotopic (exact) mass is 273 g/mol. The Kier molecular flexibility index (Phi) is 6.58. The lowest BCUT2D eigenvalue weighted by atomic mass is 9.95. The second kappa shape index (κ2) is 7.45. The lowest BCUT2D eigenvalue weighted by Crippen LogP contribution is -2.29. The first-order valence-electron chi connectivity index (χ1n) is 6.29. The molecule has 0 heterocycles. The van der Waals surface area contributed by atoms with Gasteiger partial charge in [0.2, 0.25) is 0 Å². The molecule has 1 nitrogen and oxygen atoms in total. The van der Waals surface area contributed by atoms with Crippen molar-refractivity contribution in [1.82, 2.24) is 5.32 Å². The van der Waals surface area contributed by atoms with Gasteiger partial charge in [0.1, 0.15) is 0 Å². The van der Waals surface area contributed by atoms with Crippen LogP contribution in [0.5, 0.6) is 0 Å². The third-order valence-electron chi connectivity index (χ3n) is 3.37. The number of rotatable bonds is 5. The van der Waals surface area contributed by atoms with Crippen molar-refractivity contribution in [2.75, 3.05) is 6.54 Å². The van der Waals surface area contributed by atoms with Crippen LogP contribution in [0.4, 0.5) is 0 Å². The standard InChI is InChI=1S/C13H24BrN/c1-3-5-12-6-4-7-13(9-8-12)15-10-11(2)14/h12-13,15H,2-10H2,1H3. The van der Waals surface area contributed by atoms with Gasteiger partial charge in [-0.05, 0) is 25.2 Å². The highest BCUT2D eigenvalue weighted by molar-refractivity contribution is 9.11. The Morgan fingerprint density at radius 1 is 1.33 bits per heavy atom. The Morgan fingerprint density at radius 2 is 2.13 bits per heavy atom. The van der Waals surface area contributed by atoms with Crippen molar-refractivity contribution < 1.29 is 0 Å². The van der Waals surface area contributed by atoms with Gasteiger partial charge >= 0.3 is 0 Å². The van der Waals surface area contributed by atoms with Crippen molar-refractivity contribution in [2.24, 2.45) is 5.92 Å². The molecule has 1 saturated carbocycles. The molecule has 2 heteroatoms. The van der Waals surface area contributed by atoms with Crippen LogP contribution in [0.15, 0.2) is 11.1 Å². The number of halogens is 1. The van der Waals surface area contributed by atoms with E-state index in [1.54, 1.807) is 0 Å². The number of hydrogen-bond acceptors (Lipinski definition) is 1. The summed E-state index contributed by atoms with van der Waals surface area (Å²) in [6.45, 7) is 7.08. The van der Waals surface area contributed by atoms with Gasteiger partial charge in [0, 0.05) is 17.1 Å². The Hall–Kier alpha value is 0.180. The summed E-state index contributed by atoms with van der Waals surface area (Å²) in [5, 5.41) is 3.58. The summed E-state index contributed by atoms with van der Waals surface area (Å²) in [6.07, 6.45) is 9.74. The minimum atomic E-state index is 0.723. The lowest BCUT2D eigenvalue weighted by Gasteiger charge is -2.16.